The number of aromatic nitrogens is 5. The number of carbonyl (C=O) groups is 1. The number of ether oxygens (including phenoxy) is 1. The van der Waals surface area contributed by atoms with Crippen molar-refractivity contribution < 1.29 is 19.4 Å². The lowest BCUT2D eigenvalue weighted by molar-refractivity contribution is -1.09. The number of hydrogen-bond acceptors (Lipinski definition) is 7. The van der Waals surface area contributed by atoms with Gasteiger partial charge in [-0.15, -0.1) is 0 Å². The summed E-state index contributed by atoms with van der Waals surface area (Å²) in [6, 6.07) is 15.7. The molecule has 5 heterocycles. The van der Waals surface area contributed by atoms with E-state index in [0.29, 0.717) is 49.2 Å². The Morgan fingerprint density at radius 1 is 1.14 bits per heavy atom. The Kier molecular flexibility index (Phi) is 7.08. The van der Waals surface area contributed by atoms with Gasteiger partial charge in [0.05, 0.1) is 55.5 Å². The van der Waals surface area contributed by atoms with E-state index < -0.39 is 0 Å². The van der Waals surface area contributed by atoms with Crippen LogP contribution in [0.25, 0.3) is 16.6 Å². The summed E-state index contributed by atoms with van der Waals surface area (Å²) in [5, 5.41) is 19.3. The summed E-state index contributed by atoms with van der Waals surface area (Å²) in [5.41, 5.74) is 5.79. The lowest BCUT2D eigenvalue weighted by Crippen LogP contribution is -2.55. The van der Waals surface area contributed by atoms with E-state index in [9.17, 15) is 10.0 Å². The average Bonchev–Trinajstić information content (AvgIpc) is 3.64. The molecule has 0 atom stereocenters. The molecule has 1 saturated heterocycles. The molecule has 1 aliphatic carbocycles. The number of piperazine rings is 1. The van der Waals surface area contributed by atoms with Crippen LogP contribution in [0.2, 0.25) is 0 Å². The molecule has 0 unspecified atom stereocenters. The quantitative estimate of drug-likeness (QED) is 0.252. The third-order valence-electron chi connectivity index (χ3n) is 8.46. The van der Waals surface area contributed by atoms with Gasteiger partial charge in [-0.25, -0.2) is 10.2 Å². The third-order valence-corrected chi connectivity index (χ3v) is 8.46. The third kappa shape index (κ3) is 5.83. The predicted molar refractivity (Wildman–Crippen MR) is 163 cm³/mol. The van der Waals surface area contributed by atoms with Gasteiger partial charge in [-0.1, -0.05) is 12.1 Å². The van der Waals surface area contributed by atoms with E-state index in [0.717, 1.165) is 66.1 Å². The Hall–Kier alpha value is -4.32. The molecule has 43 heavy (non-hydrogen) atoms. The normalized spacial score (nSPS) is 17.0. The summed E-state index contributed by atoms with van der Waals surface area (Å²) >= 11 is 0. The highest BCUT2D eigenvalue weighted by Crippen LogP contribution is 2.44. The lowest BCUT2D eigenvalue weighted by atomic mass is 10.1. The second-order valence-corrected chi connectivity index (χ2v) is 12.0. The number of aryl methyl sites for hydroxylation is 1. The van der Waals surface area contributed by atoms with E-state index in [1.807, 2.05) is 67.3 Å². The van der Waals surface area contributed by atoms with Crippen molar-refractivity contribution in [3.63, 3.8) is 0 Å². The van der Waals surface area contributed by atoms with Crippen LogP contribution in [0.3, 0.4) is 0 Å². The van der Waals surface area contributed by atoms with Crippen LogP contribution in [0.1, 0.15) is 46.3 Å². The first-order valence-electron chi connectivity index (χ1n) is 15.0. The number of imidazole rings is 1. The summed E-state index contributed by atoms with van der Waals surface area (Å²) in [4.78, 5) is 25.0. The van der Waals surface area contributed by atoms with Crippen LogP contribution in [-0.4, -0.2) is 91.2 Å². The number of nitrogens with zero attached hydrogens (tertiary/aromatic N) is 7. The van der Waals surface area contributed by atoms with Gasteiger partial charge in [-0.05, 0) is 50.1 Å². The number of quaternary nitrogens is 1. The number of amides is 1. The van der Waals surface area contributed by atoms with Crippen LogP contribution in [-0.2, 0) is 6.54 Å². The first kappa shape index (κ1) is 27.5. The Labute approximate surface area is 249 Å². The summed E-state index contributed by atoms with van der Waals surface area (Å²) in [6.45, 7) is 7.01. The van der Waals surface area contributed by atoms with E-state index >= 15 is 0 Å². The zero-order valence-electron chi connectivity index (χ0n) is 24.6. The van der Waals surface area contributed by atoms with Crippen LogP contribution in [0.5, 0.6) is 5.75 Å². The minimum Gasteiger partial charge on any atom is -0.492 e. The fourth-order valence-electron chi connectivity index (χ4n) is 5.83. The number of hydroxylamine groups is 3. The van der Waals surface area contributed by atoms with Gasteiger partial charge >= 0.3 is 0 Å². The van der Waals surface area contributed by atoms with Gasteiger partial charge in [0.1, 0.15) is 36.8 Å². The summed E-state index contributed by atoms with van der Waals surface area (Å²) in [5.74, 6) is 0.882. The van der Waals surface area contributed by atoms with Crippen molar-refractivity contribution >= 4 is 28.1 Å². The molecule has 11 heteroatoms. The van der Waals surface area contributed by atoms with Gasteiger partial charge in [-0.2, -0.15) is 9.75 Å². The van der Waals surface area contributed by atoms with E-state index in [2.05, 4.69) is 26.3 Å². The van der Waals surface area contributed by atoms with Gasteiger partial charge in [-0.3, -0.25) is 23.8 Å². The molecule has 2 N–H and O–H groups in total. The van der Waals surface area contributed by atoms with Crippen molar-refractivity contribution in [2.75, 3.05) is 51.7 Å². The molecule has 2 fully saturated rings. The monoisotopic (exact) mass is 581 g/mol. The first-order valence-corrected chi connectivity index (χ1v) is 15.0. The zero-order chi connectivity index (χ0) is 29.6. The number of carbonyl (C=O) groups excluding carboxylic acids is 1. The Morgan fingerprint density at radius 3 is 2.74 bits per heavy atom. The maximum atomic E-state index is 13.6. The fourth-order valence-corrected chi connectivity index (χ4v) is 5.83. The van der Waals surface area contributed by atoms with Crippen LogP contribution in [0.4, 0.5) is 5.69 Å². The molecule has 1 aliphatic heterocycles. The molecule has 4 aromatic heterocycles. The number of benzene rings is 1. The summed E-state index contributed by atoms with van der Waals surface area (Å²) < 4.78 is 9.86. The molecule has 7 rings (SSSR count). The number of anilines is 1. The lowest BCUT2D eigenvalue weighted by Gasteiger charge is -2.35. The second-order valence-electron chi connectivity index (χ2n) is 12.0. The number of hydrogen-bond donors (Lipinski definition) is 2. The van der Waals surface area contributed by atoms with E-state index in [1.54, 1.807) is 10.6 Å². The highest BCUT2D eigenvalue weighted by molar-refractivity contribution is 6.09. The highest BCUT2D eigenvalue weighted by Gasteiger charge is 2.31. The number of likely N-dealkylation sites (N-methyl/N-ethyl adjacent to an activating group) is 1. The predicted octanol–water partition coefficient (Wildman–Crippen LogP) is 4.10. The van der Waals surface area contributed by atoms with Gasteiger partial charge in [0.2, 0.25) is 0 Å². The summed E-state index contributed by atoms with van der Waals surface area (Å²) in [6.07, 6.45) is 5.63. The van der Waals surface area contributed by atoms with Crippen molar-refractivity contribution in [1.29, 1.82) is 0 Å². The van der Waals surface area contributed by atoms with Crippen molar-refractivity contribution in [3.8, 4) is 5.75 Å². The molecule has 11 nitrogen and oxygen atoms in total. The Balaban J connectivity index is 1.07. The zero-order valence-corrected chi connectivity index (χ0v) is 24.6. The standard InChI is InChI=1S/C32H36N8O3/c1-22-5-3-6-24(34-22)21-39-27-8-4-7-26(30(27)31(36-39)23-9-10-23)35-32(41)28-20-33-29-19-25(11-12-38(28)29)43-18-15-37-13-16-40(2,42)17-14-37/h3-8,11-12,19-20,23,42H,9-10,13-18,21H2,1-2H3/p+1. The molecule has 222 valence electrons. The van der Waals surface area contributed by atoms with E-state index in [1.165, 1.54) is 0 Å². The van der Waals surface area contributed by atoms with Crippen molar-refractivity contribution in [2.24, 2.45) is 0 Å². The fraction of sp³-hybridized carbons (Fsp3) is 0.375. The van der Waals surface area contributed by atoms with E-state index in [-0.39, 0.29) is 10.6 Å². The molecule has 1 saturated carbocycles. The highest BCUT2D eigenvalue weighted by atomic mass is 16.5. The SMILES string of the molecule is Cc1cccc(Cn2nc(C3CC3)c3c(NC(=O)c4cnc5cc(OCCN6CC[N+](C)(O)CC6)ccn45)cccc32)n1. The Morgan fingerprint density at radius 2 is 1.95 bits per heavy atom. The number of fused-ring (bicyclic) bond motifs is 2. The van der Waals surface area contributed by atoms with Crippen LogP contribution < -0.4 is 10.1 Å². The molecule has 0 radical (unpaired) electrons. The van der Waals surface area contributed by atoms with Crippen molar-refractivity contribution in [3.05, 3.63) is 83.7 Å². The van der Waals surface area contributed by atoms with Crippen LogP contribution >= 0.6 is 0 Å². The number of rotatable bonds is 9. The minimum absolute atomic E-state index is 0.0794. The Bertz CT molecular complexity index is 1800. The number of nitrogens with one attached hydrogen (secondary N) is 1. The molecular formula is C32H37N8O3+. The van der Waals surface area contributed by atoms with Crippen molar-refractivity contribution in [2.45, 2.75) is 32.2 Å². The topological polar surface area (TPSA) is 110 Å². The average molecular weight is 582 g/mol. The summed E-state index contributed by atoms with van der Waals surface area (Å²) in [7, 11) is 1.84. The molecule has 0 spiro atoms. The minimum atomic E-state index is -0.233. The first-order chi connectivity index (χ1) is 20.8. The molecule has 5 aromatic rings. The van der Waals surface area contributed by atoms with Gasteiger partial charge in [0, 0.05) is 35.8 Å². The maximum absolute atomic E-state index is 13.6. The molecular weight excluding hydrogens is 544 g/mol. The molecule has 2 aliphatic rings. The smallest absolute Gasteiger partial charge is 0.274 e. The number of pyridine rings is 2. The van der Waals surface area contributed by atoms with Gasteiger partial charge < -0.3 is 10.1 Å². The van der Waals surface area contributed by atoms with E-state index in [4.69, 9.17) is 9.84 Å². The van der Waals surface area contributed by atoms with Gasteiger partial charge in [0.15, 0.2) is 0 Å². The van der Waals surface area contributed by atoms with Crippen LogP contribution in [0.15, 0.2) is 60.9 Å². The second kappa shape index (κ2) is 11.1. The maximum Gasteiger partial charge on any atom is 0.274 e. The molecule has 0 bridgehead atoms. The molecule has 1 aromatic carbocycles. The van der Waals surface area contributed by atoms with Gasteiger partial charge in [0.25, 0.3) is 5.91 Å². The van der Waals surface area contributed by atoms with Crippen molar-refractivity contribution in [1.82, 2.24) is 29.0 Å². The van der Waals surface area contributed by atoms with Crippen LogP contribution in [0, 0.1) is 6.92 Å². The molecule has 1 amide bonds. The largest absolute Gasteiger partial charge is 0.492 e.